The van der Waals surface area contributed by atoms with Crippen LogP contribution in [-0.2, 0) is 14.3 Å². The number of carbonyl (C=O) groups is 1. The number of aliphatic hydroxyl groups excluding tert-OH is 5. The van der Waals surface area contributed by atoms with Crippen LogP contribution in [0.4, 0.5) is 0 Å². The lowest BCUT2D eigenvalue weighted by molar-refractivity contribution is -0.312. The minimum absolute atomic E-state index is 0.157. The molecule has 1 rings (SSSR count). The lowest BCUT2D eigenvalue weighted by atomic mass is 9.98. The molecule has 9 atom stereocenters. The lowest BCUT2D eigenvalue weighted by Gasteiger charge is -2.41. The molecule has 262 valence electrons. The summed E-state index contributed by atoms with van der Waals surface area (Å²) in [7, 11) is 0. The molecule has 1 aliphatic rings. The second-order valence-electron chi connectivity index (χ2n) is 13.3. The molecule has 0 unspecified atom stereocenters. The molecule has 44 heavy (non-hydrogen) atoms. The Morgan fingerprint density at radius 1 is 0.659 bits per heavy atom. The van der Waals surface area contributed by atoms with Crippen molar-refractivity contribution in [3.05, 3.63) is 0 Å². The molecule has 0 bridgehead atoms. The van der Waals surface area contributed by atoms with Crippen molar-refractivity contribution in [2.75, 3.05) is 6.61 Å². The molecule has 1 saturated heterocycles. The first kappa shape index (κ1) is 41.3. The smallest absolute Gasteiger partial charge is 0.187 e. The quantitative estimate of drug-likeness (QED) is 0.0621. The molecule has 10 nitrogen and oxygen atoms in total. The Kier molecular flexibility index (Phi) is 23.9. The zero-order chi connectivity index (χ0) is 32.7. The molecule has 0 amide bonds. The van der Waals surface area contributed by atoms with Gasteiger partial charge in [-0.3, -0.25) is 4.79 Å². The van der Waals surface area contributed by atoms with Gasteiger partial charge in [0.25, 0.3) is 0 Å². The number of ketones is 1. The van der Waals surface area contributed by atoms with Crippen molar-refractivity contribution in [3.8, 4) is 0 Å². The monoisotopic (exact) mass is 632 g/mol. The van der Waals surface area contributed by atoms with E-state index in [9.17, 15) is 30.3 Å². The lowest BCUT2D eigenvalue weighted by Crippen LogP contribution is -2.60. The standard InChI is InChI=1S/C34H68N2O8/c1-25(35)28(39)22-18-14-11-13-17-21-27(38)20-16-12-9-7-5-3-4-6-8-10-15-19-23-29(26(2)36)43-34-33(42)32(41)31(40)30(24-37)44-34/h25-26,28-34,37,39-42H,3-24,35-36H2,1-2H3/t25-,26+,28-,29-,30-,31+,32+,33-,34-/m1/s1. The molecule has 0 aromatic heterocycles. The number of nitrogens with two attached hydrogens (primary N) is 2. The minimum Gasteiger partial charge on any atom is -0.394 e. The van der Waals surface area contributed by atoms with Gasteiger partial charge in [0.05, 0.1) is 18.8 Å². The van der Waals surface area contributed by atoms with Crippen molar-refractivity contribution in [2.45, 2.75) is 204 Å². The highest BCUT2D eigenvalue weighted by atomic mass is 16.7. The average molecular weight is 633 g/mol. The topological polar surface area (TPSA) is 189 Å². The molecule has 0 radical (unpaired) electrons. The highest BCUT2D eigenvalue weighted by Crippen LogP contribution is 2.25. The van der Waals surface area contributed by atoms with Gasteiger partial charge in [0.1, 0.15) is 30.2 Å². The number of aliphatic hydroxyl groups is 5. The van der Waals surface area contributed by atoms with E-state index < -0.39 is 43.4 Å². The van der Waals surface area contributed by atoms with E-state index in [0.717, 1.165) is 77.0 Å². The van der Waals surface area contributed by atoms with Crippen LogP contribution in [0.2, 0.25) is 0 Å². The van der Waals surface area contributed by atoms with Crippen LogP contribution in [0, 0.1) is 0 Å². The van der Waals surface area contributed by atoms with Crippen LogP contribution in [0.3, 0.4) is 0 Å². The summed E-state index contributed by atoms with van der Waals surface area (Å²) in [6, 6.07) is -0.447. The molecule has 9 N–H and O–H groups in total. The summed E-state index contributed by atoms with van der Waals surface area (Å²) >= 11 is 0. The van der Waals surface area contributed by atoms with E-state index >= 15 is 0 Å². The van der Waals surface area contributed by atoms with Crippen LogP contribution in [0.15, 0.2) is 0 Å². The number of rotatable bonds is 28. The van der Waals surface area contributed by atoms with Crippen LogP contribution in [0.25, 0.3) is 0 Å². The average Bonchev–Trinajstić information content (AvgIpc) is 2.99. The van der Waals surface area contributed by atoms with E-state index in [1.54, 1.807) is 0 Å². The van der Waals surface area contributed by atoms with Gasteiger partial charge in [0, 0.05) is 24.9 Å². The van der Waals surface area contributed by atoms with Crippen molar-refractivity contribution in [1.82, 2.24) is 0 Å². The van der Waals surface area contributed by atoms with Crippen LogP contribution < -0.4 is 11.5 Å². The van der Waals surface area contributed by atoms with Crippen molar-refractivity contribution in [1.29, 1.82) is 0 Å². The predicted octanol–water partition coefficient (Wildman–Crippen LogP) is 3.99. The molecule has 1 heterocycles. The summed E-state index contributed by atoms with van der Waals surface area (Å²) in [4.78, 5) is 12.1. The zero-order valence-electron chi connectivity index (χ0n) is 27.9. The zero-order valence-corrected chi connectivity index (χ0v) is 27.9. The van der Waals surface area contributed by atoms with Crippen LogP contribution in [0.1, 0.15) is 149 Å². The minimum atomic E-state index is -1.45. The highest BCUT2D eigenvalue weighted by Gasteiger charge is 2.45. The summed E-state index contributed by atoms with van der Waals surface area (Å²) in [5.74, 6) is 0.409. The first-order valence-electron chi connectivity index (χ1n) is 17.7. The first-order chi connectivity index (χ1) is 21.1. The van der Waals surface area contributed by atoms with Crippen molar-refractivity contribution in [2.24, 2.45) is 11.5 Å². The van der Waals surface area contributed by atoms with Gasteiger partial charge in [0.15, 0.2) is 6.29 Å². The molecule has 0 saturated carbocycles. The third kappa shape index (κ3) is 18.5. The number of Topliss-reactive ketones (excluding diaryl/α,β-unsaturated/α-hetero) is 1. The third-order valence-corrected chi connectivity index (χ3v) is 9.00. The van der Waals surface area contributed by atoms with Crippen LogP contribution >= 0.6 is 0 Å². The Morgan fingerprint density at radius 3 is 1.52 bits per heavy atom. The summed E-state index contributed by atoms with van der Waals surface area (Å²) in [6.45, 7) is 3.19. The highest BCUT2D eigenvalue weighted by molar-refractivity contribution is 5.78. The molecule has 0 aromatic carbocycles. The SMILES string of the molecule is C[C@H](N)[C@@H](CCCCCCCCCCCCCCC(=O)CCCCCCC[C@@H](O)[C@@H](C)N)O[C@@H]1O[C@H](CO)[C@H](O)[C@H](O)[C@H]1O. The van der Waals surface area contributed by atoms with Gasteiger partial charge in [-0.1, -0.05) is 96.3 Å². The van der Waals surface area contributed by atoms with Gasteiger partial charge in [-0.05, 0) is 39.5 Å². The fourth-order valence-electron chi connectivity index (χ4n) is 5.84. The summed E-state index contributed by atoms with van der Waals surface area (Å²) in [6.07, 6.45) is 15.1. The first-order valence-corrected chi connectivity index (χ1v) is 17.7. The molecule has 0 aliphatic carbocycles. The number of carbonyl (C=O) groups excluding carboxylic acids is 1. The van der Waals surface area contributed by atoms with E-state index in [-0.39, 0.29) is 18.2 Å². The van der Waals surface area contributed by atoms with E-state index in [1.807, 2.05) is 13.8 Å². The molecule has 10 heteroatoms. The summed E-state index contributed by atoms with van der Waals surface area (Å²) in [5, 5.41) is 49.2. The number of hydrogen-bond donors (Lipinski definition) is 7. The van der Waals surface area contributed by atoms with E-state index in [0.29, 0.717) is 18.6 Å². The second-order valence-corrected chi connectivity index (χ2v) is 13.3. The molecule has 0 spiro atoms. The Morgan fingerprint density at radius 2 is 1.09 bits per heavy atom. The third-order valence-electron chi connectivity index (χ3n) is 9.00. The molecule has 0 aromatic rings. The van der Waals surface area contributed by atoms with Crippen LogP contribution in [0.5, 0.6) is 0 Å². The molecule has 1 aliphatic heterocycles. The van der Waals surface area contributed by atoms with Crippen LogP contribution in [-0.4, -0.2) is 92.9 Å². The maximum absolute atomic E-state index is 12.1. The number of ether oxygens (including phenoxy) is 2. The van der Waals surface area contributed by atoms with Gasteiger partial charge in [0.2, 0.25) is 0 Å². The van der Waals surface area contributed by atoms with E-state index in [4.69, 9.17) is 20.9 Å². The predicted molar refractivity (Wildman–Crippen MR) is 174 cm³/mol. The van der Waals surface area contributed by atoms with Gasteiger partial charge < -0.3 is 46.5 Å². The summed E-state index contributed by atoms with van der Waals surface area (Å²) in [5.41, 5.74) is 11.8. The molecular formula is C34H68N2O8. The Balaban J connectivity index is 1.94. The Bertz CT molecular complexity index is 696. The van der Waals surface area contributed by atoms with E-state index in [2.05, 4.69) is 0 Å². The summed E-state index contributed by atoms with van der Waals surface area (Å²) < 4.78 is 11.3. The fraction of sp³-hybridized carbons (Fsp3) is 0.971. The van der Waals surface area contributed by atoms with Gasteiger partial charge in [-0.2, -0.15) is 0 Å². The Hall–Kier alpha value is -0.690. The second kappa shape index (κ2) is 25.4. The Labute approximate surface area is 267 Å². The number of hydrogen-bond acceptors (Lipinski definition) is 10. The number of unbranched alkanes of at least 4 members (excludes halogenated alkanes) is 15. The van der Waals surface area contributed by atoms with Gasteiger partial charge in [-0.25, -0.2) is 0 Å². The largest absolute Gasteiger partial charge is 0.394 e. The van der Waals surface area contributed by atoms with Crippen molar-refractivity contribution < 1.29 is 39.8 Å². The van der Waals surface area contributed by atoms with Crippen molar-refractivity contribution in [3.63, 3.8) is 0 Å². The molecular weight excluding hydrogens is 564 g/mol. The molecule has 1 fully saturated rings. The van der Waals surface area contributed by atoms with Gasteiger partial charge >= 0.3 is 0 Å². The maximum Gasteiger partial charge on any atom is 0.187 e. The van der Waals surface area contributed by atoms with E-state index in [1.165, 1.54) is 44.9 Å². The van der Waals surface area contributed by atoms with Crippen molar-refractivity contribution >= 4 is 5.78 Å². The normalized spacial score (nSPS) is 25.1. The van der Waals surface area contributed by atoms with Gasteiger partial charge in [-0.15, -0.1) is 0 Å². The fourth-order valence-corrected chi connectivity index (χ4v) is 5.84. The maximum atomic E-state index is 12.1.